The molecule has 6 nitrogen and oxygen atoms in total. The van der Waals surface area contributed by atoms with Crippen molar-refractivity contribution in [2.45, 2.75) is 13.5 Å². The predicted octanol–water partition coefficient (Wildman–Crippen LogP) is 4.20. The van der Waals surface area contributed by atoms with Gasteiger partial charge in [-0.3, -0.25) is 4.79 Å². The molecule has 0 saturated carbocycles. The number of aromatic nitrogens is 2. The van der Waals surface area contributed by atoms with E-state index in [0.29, 0.717) is 24.0 Å². The Balaban J connectivity index is 1.62. The zero-order valence-electron chi connectivity index (χ0n) is 14.8. The molecule has 27 heavy (non-hydrogen) atoms. The van der Waals surface area contributed by atoms with E-state index in [4.69, 9.17) is 16.3 Å². The highest BCUT2D eigenvalue weighted by atomic mass is 35.5. The van der Waals surface area contributed by atoms with Gasteiger partial charge < -0.3 is 15.4 Å². The molecule has 7 heteroatoms. The van der Waals surface area contributed by atoms with Crippen molar-refractivity contribution in [1.82, 2.24) is 15.3 Å². The maximum Gasteiger partial charge on any atom is 0.270 e. The summed E-state index contributed by atoms with van der Waals surface area (Å²) in [7, 11) is 0. The first-order valence-corrected chi connectivity index (χ1v) is 8.86. The fourth-order valence-electron chi connectivity index (χ4n) is 2.37. The molecule has 0 saturated heterocycles. The molecule has 0 unspecified atom stereocenters. The Kier molecular flexibility index (Phi) is 6.22. The van der Waals surface area contributed by atoms with Crippen molar-refractivity contribution in [3.8, 4) is 5.75 Å². The van der Waals surface area contributed by atoms with Crippen LogP contribution in [0.3, 0.4) is 0 Å². The lowest BCUT2D eigenvalue weighted by atomic mass is 10.2. The van der Waals surface area contributed by atoms with Gasteiger partial charge in [0, 0.05) is 23.3 Å². The highest BCUT2D eigenvalue weighted by molar-refractivity contribution is 6.30. The first kappa shape index (κ1) is 18.7. The van der Waals surface area contributed by atoms with Crippen LogP contribution in [0.5, 0.6) is 5.75 Å². The van der Waals surface area contributed by atoms with Gasteiger partial charge in [-0.15, -0.1) is 0 Å². The van der Waals surface area contributed by atoms with E-state index in [1.807, 2.05) is 43.3 Å². The number of nitrogens with zero attached hydrogens (tertiary/aromatic N) is 2. The number of hydrogen-bond acceptors (Lipinski definition) is 5. The first-order valence-electron chi connectivity index (χ1n) is 8.48. The number of amides is 1. The van der Waals surface area contributed by atoms with E-state index in [1.54, 1.807) is 18.2 Å². The Hall–Kier alpha value is -3.12. The Labute approximate surface area is 162 Å². The maximum atomic E-state index is 12.3. The minimum atomic E-state index is -0.276. The van der Waals surface area contributed by atoms with Crippen LogP contribution in [0.4, 0.5) is 11.5 Å². The third-order valence-corrected chi connectivity index (χ3v) is 3.96. The van der Waals surface area contributed by atoms with E-state index in [1.165, 1.54) is 6.33 Å². The van der Waals surface area contributed by atoms with Crippen LogP contribution in [0.25, 0.3) is 0 Å². The standard InChI is InChI=1S/C20H19ClN4O2/c1-2-27-17-9-7-16(8-10-17)25-19-11-18(23-13-24-19)20(26)22-12-14-3-5-15(21)6-4-14/h3-11,13H,2,12H2,1H3,(H,22,26)(H,23,24,25). The second-order valence-electron chi connectivity index (χ2n) is 5.68. The van der Waals surface area contributed by atoms with Gasteiger partial charge in [0.05, 0.1) is 6.61 Å². The van der Waals surface area contributed by atoms with E-state index >= 15 is 0 Å². The minimum absolute atomic E-state index is 0.276. The fraction of sp³-hybridized carbons (Fsp3) is 0.150. The number of carbonyl (C=O) groups excluding carboxylic acids is 1. The molecule has 3 rings (SSSR count). The van der Waals surface area contributed by atoms with Crippen LogP contribution in [0.15, 0.2) is 60.9 Å². The van der Waals surface area contributed by atoms with Crippen LogP contribution in [0.2, 0.25) is 5.02 Å². The van der Waals surface area contributed by atoms with Gasteiger partial charge in [0.1, 0.15) is 23.6 Å². The molecule has 0 aliphatic carbocycles. The van der Waals surface area contributed by atoms with Crippen molar-refractivity contribution < 1.29 is 9.53 Å². The Morgan fingerprint density at radius 3 is 2.52 bits per heavy atom. The molecule has 3 aromatic rings. The number of carbonyl (C=O) groups is 1. The molecule has 1 aromatic heterocycles. The number of rotatable bonds is 7. The normalized spacial score (nSPS) is 10.3. The summed E-state index contributed by atoms with van der Waals surface area (Å²) >= 11 is 5.86. The Bertz CT molecular complexity index is 899. The van der Waals surface area contributed by atoms with Crippen molar-refractivity contribution in [2.24, 2.45) is 0 Å². The molecule has 138 valence electrons. The van der Waals surface area contributed by atoms with E-state index in [-0.39, 0.29) is 11.6 Å². The SMILES string of the molecule is CCOc1ccc(Nc2cc(C(=O)NCc3ccc(Cl)cc3)ncn2)cc1. The average molecular weight is 383 g/mol. The fourth-order valence-corrected chi connectivity index (χ4v) is 2.50. The highest BCUT2D eigenvalue weighted by Crippen LogP contribution is 2.19. The topological polar surface area (TPSA) is 76.1 Å². The maximum absolute atomic E-state index is 12.3. The molecular weight excluding hydrogens is 364 g/mol. The quantitative estimate of drug-likeness (QED) is 0.640. The predicted molar refractivity (Wildman–Crippen MR) is 106 cm³/mol. The number of nitrogens with one attached hydrogen (secondary N) is 2. The molecular formula is C20H19ClN4O2. The smallest absolute Gasteiger partial charge is 0.270 e. The number of ether oxygens (including phenoxy) is 1. The van der Waals surface area contributed by atoms with E-state index in [2.05, 4.69) is 20.6 Å². The third kappa shape index (κ3) is 5.43. The van der Waals surface area contributed by atoms with Gasteiger partial charge in [-0.1, -0.05) is 23.7 Å². The lowest BCUT2D eigenvalue weighted by molar-refractivity contribution is 0.0946. The lowest BCUT2D eigenvalue weighted by Crippen LogP contribution is -2.24. The van der Waals surface area contributed by atoms with Gasteiger partial charge >= 0.3 is 0 Å². The van der Waals surface area contributed by atoms with E-state index in [0.717, 1.165) is 17.0 Å². The molecule has 0 aliphatic heterocycles. The van der Waals surface area contributed by atoms with Crippen molar-refractivity contribution in [1.29, 1.82) is 0 Å². The van der Waals surface area contributed by atoms with Crippen LogP contribution in [-0.4, -0.2) is 22.5 Å². The van der Waals surface area contributed by atoms with Gasteiger partial charge in [0.25, 0.3) is 5.91 Å². The second-order valence-corrected chi connectivity index (χ2v) is 6.12. The summed E-state index contributed by atoms with van der Waals surface area (Å²) in [6.45, 7) is 2.95. The summed E-state index contributed by atoms with van der Waals surface area (Å²) in [5.41, 5.74) is 2.08. The number of anilines is 2. The van der Waals surface area contributed by atoms with Crippen LogP contribution < -0.4 is 15.4 Å². The van der Waals surface area contributed by atoms with Crippen LogP contribution in [-0.2, 0) is 6.54 Å². The number of benzene rings is 2. The summed E-state index contributed by atoms with van der Waals surface area (Å²) in [6.07, 6.45) is 1.36. The van der Waals surface area contributed by atoms with Gasteiger partial charge in [0.2, 0.25) is 0 Å². The van der Waals surface area contributed by atoms with Crippen LogP contribution >= 0.6 is 11.6 Å². The second kappa shape index (κ2) is 9.00. The first-order chi connectivity index (χ1) is 13.1. The van der Waals surface area contributed by atoms with Crippen molar-refractivity contribution in [3.63, 3.8) is 0 Å². The van der Waals surface area contributed by atoms with Crippen molar-refractivity contribution in [2.75, 3.05) is 11.9 Å². The van der Waals surface area contributed by atoms with Crippen molar-refractivity contribution in [3.05, 3.63) is 77.2 Å². The Morgan fingerprint density at radius 2 is 1.81 bits per heavy atom. The van der Waals surface area contributed by atoms with E-state index in [9.17, 15) is 4.79 Å². The lowest BCUT2D eigenvalue weighted by Gasteiger charge is -2.09. The van der Waals surface area contributed by atoms with Gasteiger partial charge in [-0.25, -0.2) is 9.97 Å². The summed E-state index contributed by atoms with van der Waals surface area (Å²) in [6, 6.07) is 16.4. The summed E-state index contributed by atoms with van der Waals surface area (Å²) in [5.74, 6) is 1.06. The van der Waals surface area contributed by atoms with Crippen LogP contribution in [0.1, 0.15) is 23.0 Å². The molecule has 2 aromatic carbocycles. The average Bonchev–Trinajstić information content (AvgIpc) is 2.69. The van der Waals surface area contributed by atoms with Gasteiger partial charge in [0.15, 0.2) is 0 Å². The summed E-state index contributed by atoms with van der Waals surface area (Å²) < 4.78 is 5.42. The zero-order chi connectivity index (χ0) is 19.1. The van der Waals surface area contributed by atoms with Crippen molar-refractivity contribution >= 4 is 29.0 Å². The highest BCUT2D eigenvalue weighted by Gasteiger charge is 2.09. The Morgan fingerprint density at radius 1 is 1.07 bits per heavy atom. The van der Waals surface area contributed by atoms with Gasteiger partial charge in [-0.2, -0.15) is 0 Å². The molecule has 0 bridgehead atoms. The molecule has 0 aliphatic rings. The number of hydrogen-bond donors (Lipinski definition) is 2. The molecule has 0 atom stereocenters. The van der Waals surface area contributed by atoms with Crippen LogP contribution in [0, 0.1) is 0 Å². The largest absolute Gasteiger partial charge is 0.494 e. The summed E-state index contributed by atoms with van der Waals surface area (Å²) in [5, 5.41) is 6.64. The molecule has 2 N–H and O–H groups in total. The molecule has 1 amide bonds. The molecule has 0 radical (unpaired) electrons. The minimum Gasteiger partial charge on any atom is -0.494 e. The molecule has 0 fully saturated rings. The third-order valence-electron chi connectivity index (χ3n) is 3.70. The zero-order valence-corrected chi connectivity index (χ0v) is 15.5. The van der Waals surface area contributed by atoms with E-state index < -0.39 is 0 Å². The molecule has 0 spiro atoms. The monoisotopic (exact) mass is 382 g/mol. The van der Waals surface area contributed by atoms with Gasteiger partial charge in [-0.05, 0) is 48.9 Å². The molecule has 1 heterocycles. The number of halogens is 1. The summed E-state index contributed by atoms with van der Waals surface area (Å²) in [4.78, 5) is 20.5.